The van der Waals surface area contributed by atoms with E-state index in [4.69, 9.17) is 0 Å². The highest BCUT2D eigenvalue weighted by Crippen LogP contribution is 2.30. The molecule has 4 heteroatoms. The first-order chi connectivity index (χ1) is 6.70. The molecule has 0 radical (unpaired) electrons. The lowest BCUT2D eigenvalue weighted by atomic mass is 10.0. The number of thiazole rings is 1. The molecule has 1 aromatic rings. The summed E-state index contributed by atoms with van der Waals surface area (Å²) in [7, 11) is 2.13. The van der Waals surface area contributed by atoms with Crippen molar-refractivity contribution < 1.29 is 4.79 Å². The quantitative estimate of drug-likeness (QED) is 0.696. The number of rotatable bonds is 2. The number of likely N-dealkylation sites (tertiary alicyclic amines) is 1. The molecular formula is C10H14N2OS. The maximum Gasteiger partial charge on any atom is 0.178 e. The van der Waals surface area contributed by atoms with Gasteiger partial charge in [-0.1, -0.05) is 0 Å². The van der Waals surface area contributed by atoms with E-state index < -0.39 is 0 Å². The first kappa shape index (κ1) is 9.80. The molecule has 0 saturated carbocycles. The van der Waals surface area contributed by atoms with Crippen molar-refractivity contribution in [3.63, 3.8) is 0 Å². The molecule has 14 heavy (non-hydrogen) atoms. The highest BCUT2D eigenvalue weighted by molar-refractivity contribution is 7.13. The van der Waals surface area contributed by atoms with Gasteiger partial charge in [0.25, 0.3) is 0 Å². The second-order valence-electron chi connectivity index (χ2n) is 3.86. The zero-order valence-corrected chi connectivity index (χ0v) is 9.30. The van der Waals surface area contributed by atoms with Crippen LogP contribution in [0.3, 0.4) is 0 Å². The van der Waals surface area contributed by atoms with Crippen LogP contribution in [0.15, 0.2) is 0 Å². The lowest BCUT2D eigenvalue weighted by Gasteiger charge is -2.08. The second-order valence-corrected chi connectivity index (χ2v) is 5.09. The van der Waals surface area contributed by atoms with Crippen molar-refractivity contribution in [2.45, 2.75) is 19.3 Å². The van der Waals surface area contributed by atoms with Crippen molar-refractivity contribution in [3.05, 3.63) is 15.6 Å². The number of likely N-dealkylation sites (N-methyl/N-ethyl adjacent to an activating group) is 1. The van der Waals surface area contributed by atoms with Gasteiger partial charge in [0.05, 0.1) is 5.69 Å². The molecule has 1 fully saturated rings. The number of nitrogens with zero attached hydrogens (tertiary/aromatic N) is 2. The van der Waals surface area contributed by atoms with Gasteiger partial charge >= 0.3 is 0 Å². The molecule has 3 nitrogen and oxygen atoms in total. The zero-order valence-electron chi connectivity index (χ0n) is 8.49. The van der Waals surface area contributed by atoms with E-state index in [9.17, 15) is 4.79 Å². The molecule has 76 valence electrons. The summed E-state index contributed by atoms with van der Waals surface area (Å²) in [6, 6.07) is 0. The molecule has 0 spiro atoms. The molecular weight excluding hydrogens is 196 g/mol. The van der Waals surface area contributed by atoms with Crippen LogP contribution in [0.2, 0.25) is 0 Å². The average molecular weight is 210 g/mol. The highest BCUT2D eigenvalue weighted by atomic mass is 32.1. The van der Waals surface area contributed by atoms with Gasteiger partial charge in [0.15, 0.2) is 11.3 Å². The standard InChI is InChI=1S/C10H14N2OS/c1-7-10(11-9(6-13)14-7)8-3-4-12(2)5-8/h6,8H,3-5H2,1-2H3. The van der Waals surface area contributed by atoms with Gasteiger partial charge < -0.3 is 4.90 Å². The Morgan fingerprint density at radius 1 is 1.64 bits per heavy atom. The fourth-order valence-corrected chi connectivity index (χ4v) is 2.84. The number of aldehydes is 1. The minimum Gasteiger partial charge on any atom is -0.306 e. The first-order valence-electron chi connectivity index (χ1n) is 4.81. The van der Waals surface area contributed by atoms with E-state index in [1.807, 2.05) is 0 Å². The number of carbonyl (C=O) groups is 1. The Hall–Kier alpha value is -0.740. The van der Waals surface area contributed by atoms with E-state index in [2.05, 4.69) is 23.9 Å². The summed E-state index contributed by atoms with van der Waals surface area (Å²) in [5.41, 5.74) is 1.14. The summed E-state index contributed by atoms with van der Waals surface area (Å²) < 4.78 is 0. The summed E-state index contributed by atoms with van der Waals surface area (Å²) in [6.45, 7) is 4.26. The molecule has 1 saturated heterocycles. The molecule has 0 aromatic carbocycles. The minimum atomic E-state index is 0.532. The zero-order chi connectivity index (χ0) is 10.1. The summed E-state index contributed by atoms with van der Waals surface area (Å²) in [4.78, 5) is 18.5. The number of aromatic nitrogens is 1. The Morgan fingerprint density at radius 2 is 2.43 bits per heavy atom. The van der Waals surface area contributed by atoms with E-state index >= 15 is 0 Å². The third-order valence-corrected chi connectivity index (χ3v) is 3.64. The lowest BCUT2D eigenvalue weighted by Crippen LogP contribution is -2.13. The van der Waals surface area contributed by atoms with Crippen molar-refractivity contribution in [3.8, 4) is 0 Å². The van der Waals surface area contributed by atoms with Gasteiger partial charge in [-0.3, -0.25) is 4.79 Å². The van der Waals surface area contributed by atoms with Crippen molar-refractivity contribution in [2.75, 3.05) is 20.1 Å². The fraction of sp³-hybridized carbons (Fsp3) is 0.600. The van der Waals surface area contributed by atoms with E-state index in [-0.39, 0.29) is 0 Å². The third-order valence-electron chi connectivity index (χ3n) is 2.73. The van der Waals surface area contributed by atoms with E-state index in [0.717, 1.165) is 25.1 Å². The van der Waals surface area contributed by atoms with Crippen LogP contribution < -0.4 is 0 Å². The van der Waals surface area contributed by atoms with Crippen LogP contribution in [0, 0.1) is 6.92 Å². The Balaban J connectivity index is 2.23. The van der Waals surface area contributed by atoms with Crippen LogP contribution in [-0.2, 0) is 0 Å². The molecule has 1 unspecified atom stereocenters. The predicted octanol–water partition coefficient (Wildman–Crippen LogP) is 1.68. The Bertz CT molecular complexity index is 348. The van der Waals surface area contributed by atoms with Gasteiger partial charge in [-0.15, -0.1) is 11.3 Å². The number of hydrogen-bond donors (Lipinski definition) is 0. The van der Waals surface area contributed by atoms with Crippen LogP contribution in [0.4, 0.5) is 0 Å². The maximum absolute atomic E-state index is 10.6. The van der Waals surface area contributed by atoms with Gasteiger partial charge in [-0.2, -0.15) is 0 Å². The smallest absolute Gasteiger partial charge is 0.178 e. The first-order valence-corrected chi connectivity index (χ1v) is 5.63. The van der Waals surface area contributed by atoms with Gasteiger partial charge in [-0.25, -0.2) is 4.98 Å². The predicted molar refractivity (Wildman–Crippen MR) is 57.1 cm³/mol. The molecule has 1 aliphatic heterocycles. The van der Waals surface area contributed by atoms with E-state index in [1.165, 1.54) is 22.6 Å². The summed E-state index contributed by atoms with van der Waals surface area (Å²) in [6.07, 6.45) is 2.01. The van der Waals surface area contributed by atoms with Crippen molar-refractivity contribution in [1.29, 1.82) is 0 Å². The molecule has 2 rings (SSSR count). The fourth-order valence-electron chi connectivity index (χ4n) is 2.02. The van der Waals surface area contributed by atoms with Crippen LogP contribution in [0.1, 0.15) is 32.7 Å². The van der Waals surface area contributed by atoms with Gasteiger partial charge in [0, 0.05) is 17.3 Å². The monoisotopic (exact) mass is 210 g/mol. The third kappa shape index (κ3) is 1.72. The molecule has 0 aliphatic carbocycles. The number of aryl methyl sites for hydroxylation is 1. The van der Waals surface area contributed by atoms with E-state index in [0.29, 0.717) is 10.9 Å². The van der Waals surface area contributed by atoms with Crippen molar-refractivity contribution in [1.82, 2.24) is 9.88 Å². The van der Waals surface area contributed by atoms with Crippen LogP contribution in [0.5, 0.6) is 0 Å². The van der Waals surface area contributed by atoms with Crippen LogP contribution >= 0.6 is 11.3 Å². The Labute approximate surface area is 87.8 Å². The molecule has 1 atom stereocenters. The van der Waals surface area contributed by atoms with Gasteiger partial charge in [-0.05, 0) is 26.9 Å². The minimum absolute atomic E-state index is 0.532. The molecule has 0 N–H and O–H groups in total. The van der Waals surface area contributed by atoms with Crippen LogP contribution in [0.25, 0.3) is 0 Å². The average Bonchev–Trinajstić information content (AvgIpc) is 2.71. The van der Waals surface area contributed by atoms with Crippen molar-refractivity contribution >= 4 is 17.6 Å². The van der Waals surface area contributed by atoms with Gasteiger partial charge in [0.1, 0.15) is 0 Å². The Morgan fingerprint density at radius 3 is 2.93 bits per heavy atom. The summed E-state index contributed by atoms with van der Waals surface area (Å²) >= 11 is 1.50. The topological polar surface area (TPSA) is 33.2 Å². The highest BCUT2D eigenvalue weighted by Gasteiger charge is 2.25. The lowest BCUT2D eigenvalue weighted by molar-refractivity contribution is 0.112. The molecule has 1 aromatic heterocycles. The number of carbonyl (C=O) groups excluding carboxylic acids is 1. The SMILES string of the molecule is Cc1sc(C=O)nc1C1CCN(C)C1. The summed E-state index contributed by atoms with van der Waals surface area (Å²) in [5, 5.41) is 0.618. The normalized spacial score (nSPS) is 22.9. The Kier molecular flexibility index (Phi) is 2.65. The second kappa shape index (κ2) is 3.79. The molecule has 0 amide bonds. The van der Waals surface area contributed by atoms with Gasteiger partial charge in [0.2, 0.25) is 0 Å². The van der Waals surface area contributed by atoms with E-state index in [1.54, 1.807) is 0 Å². The number of hydrogen-bond acceptors (Lipinski definition) is 4. The largest absolute Gasteiger partial charge is 0.306 e. The molecule has 0 bridgehead atoms. The summed E-state index contributed by atoms with van der Waals surface area (Å²) in [5.74, 6) is 0.532. The van der Waals surface area contributed by atoms with Crippen LogP contribution in [-0.4, -0.2) is 36.3 Å². The van der Waals surface area contributed by atoms with Crippen molar-refractivity contribution in [2.24, 2.45) is 0 Å². The maximum atomic E-state index is 10.6. The molecule has 2 heterocycles. The molecule has 1 aliphatic rings.